The Labute approximate surface area is 117 Å². The summed E-state index contributed by atoms with van der Waals surface area (Å²) in [5, 5.41) is 8.89. The van der Waals surface area contributed by atoms with E-state index in [0.29, 0.717) is 18.0 Å². The molecule has 106 valence electrons. The van der Waals surface area contributed by atoms with Gasteiger partial charge in [0.1, 0.15) is 4.88 Å². The second-order valence-electron chi connectivity index (χ2n) is 4.57. The lowest BCUT2D eigenvalue weighted by Crippen LogP contribution is -2.36. The van der Waals surface area contributed by atoms with Crippen LogP contribution in [-0.4, -0.2) is 54.0 Å². The van der Waals surface area contributed by atoms with Crippen LogP contribution in [0.1, 0.15) is 27.9 Å². The Hall–Kier alpha value is -1.40. The molecule has 1 heterocycles. The van der Waals surface area contributed by atoms with E-state index in [4.69, 9.17) is 5.11 Å². The predicted octanol–water partition coefficient (Wildman–Crippen LogP) is 1.75. The molecule has 1 aromatic rings. The topological polar surface area (TPSA) is 60.9 Å². The number of carboxylic acids is 1. The molecular weight excluding hydrogens is 264 g/mol. The lowest BCUT2D eigenvalue weighted by molar-refractivity contribution is -0.130. The Morgan fingerprint density at radius 2 is 2.00 bits per heavy atom. The first-order valence-electron chi connectivity index (χ1n) is 6.18. The summed E-state index contributed by atoms with van der Waals surface area (Å²) in [4.78, 5) is 27.5. The zero-order chi connectivity index (χ0) is 14.4. The molecule has 6 heteroatoms. The van der Waals surface area contributed by atoms with Crippen molar-refractivity contribution in [3.8, 4) is 0 Å². The number of thiophene rings is 1. The fourth-order valence-corrected chi connectivity index (χ4v) is 2.55. The Balaban J connectivity index is 2.66. The van der Waals surface area contributed by atoms with Crippen molar-refractivity contribution in [2.45, 2.75) is 19.9 Å². The highest BCUT2D eigenvalue weighted by Crippen LogP contribution is 2.18. The second-order valence-corrected chi connectivity index (χ2v) is 5.74. The number of hydrogen-bond donors (Lipinski definition) is 1. The van der Waals surface area contributed by atoms with Crippen LogP contribution in [0.4, 0.5) is 0 Å². The van der Waals surface area contributed by atoms with Crippen molar-refractivity contribution in [3.05, 3.63) is 21.9 Å². The fourth-order valence-electron chi connectivity index (χ4n) is 1.66. The van der Waals surface area contributed by atoms with Crippen LogP contribution < -0.4 is 0 Å². The maximum atomic E-state index is 11.7. The number of carbonyl (C=O) groups is 2. The van der Waals surface area contributed by atoms with E-state index in [-0.39, 0.29) is 5.91 Å². The molecule has 0 radical (unpaired) electrons. The zero-order valence-corrected chi connectivity index (χ0v) is 12.4. The summed E-state index contributed by atoms with van der Waals surface area (Å²) in [6, 6.07) is 3.43. The molecule has 19 heavy (non-hydrogen) atoms. The molecule has 0 aliphatic heterocycles. The molecule has 0 aromatic carbocycles. The molecule has 1 N–H and O–H groups in total. The number of aromatic carboxylic acids is 1. The van der Waals surface area contributed by atoms with Crippen molar-refractivity contribution in [3.63, 3.8) is 0 Å². The average Bonchev–Trinajstić information content (AvgIpc) is 2.77. The van der Waals surface area contributed by atoms with Crippen LogP contribution >= 0.6 is 11.3 Å². The minimum atomic E-state index is -0.900. The van der Waals surface area contributed by atoms with E-state index in [0.717, 1.165) is 17.8 Å². The first-order chi connectivity index (χ1) is 8.93. The minimum absolute atomic E-state index is 0.0588. The summed E-state index contributed by atoms with van der Waals surface area (Å²) in [6.45, 7) is 3.86. The van der Waals surface area contributed by atoms with Crippen LogP contribution in [0.15, 0.2) is 12.1 Å². The maximum Gasteiger partial charge on any atom is 0.345 e. The average molecular weight is 284 g/mol. The van der Waals surface area contributed by atoms with Crippen molar-refractivity contribution in [1.29, 1.82) is 0 Å². The summed E-state index contributed by atoms with van der Waals surface area (Å²) in [7, 11) is 3.47. The van der Waals surface area contributed by atoms with Crippen LogP contribution in [0.5, 0.6) is 0 Å². The first-order valence-corrected chi connectivity index (χ1v) is 7.00. The highest BCUT2D eigenvalue weighted by Gasteiger charge is 2.14. The van der Waals surface area contributed by atoms with Gasteiger partial charge in [-0.15, -0.1) is 11.3 Å². The van der Waals surface area contributed by atoms with Crippen molar-refractivity contribution < 1.29 is 14.7 Å². The zero-order valence-electron chi connectivity index (χ0n) is 11.5. The van der Waals surface area contributed by atoms with Gasteiger partial charge >= 0.3 is 5.97 Å². The number of amides is 1. The monoisotopic (exact) mass is 284 g/mol. The van der Waals surface area contributed by atoms with Gasteiger partial charge in [-0.25, -0.2) is 4.79 Å². The molecule has 1 aromatic heterocycles. The number of carboxylic acid groups (broad SMARTS) is 1. The molecule has 0 atom stereocenters. The SMILES string of the molecule is CCCN(CC(=O)N(C)C)Cc1ccc(C(=O)O)s1. The number of likely N-dealkylation sites (N-methyl/N-ethyl adjacent to an activating group) is 1. The maximum absolute atomic E-state index is 11.7. The van der Waals surface area contributed by atoms with Gasteiger partial charge in [0.15, 0.2) is 0 Å². The van der Waals surface area contributed by atoms with Crippen LogP contribution in [0, 0.1) is 0 Å². The van der Waals surface area contributed by atoms with Gasteiger partial charge in [0, 0.05) is 25.5 Å². The van der Waals surface area contributed by atoms with Gasteiger partial charge in [-0.1, -0.05) is 6.92 Å². The van der Waals surface area contributed by atoms with E-state index in [1.807, 2.05) is 11.0 Å². The van der Waals surface area contributed by atoms with Gasteiger partial charge < -0.3 is 10.0 Å². The number of rotatable bonds is 7. The predicted molar refractivity (Wildman–Crippen MR) is 75.5 cm³/mol. The molecule has 0 saturated carbocycles. The van der Waals surface area contributed by atoms with E-state index in [1.54, 1.807) is 25.1 Å². The van der Waals surface area contributed by atoms with Gasteiger partial charge in [-0.3, -0.25) is 9.69 Å². The largest absolute Gasteiger partial charge is 0.477 e. The Kier molecular flexibility index (Phi) is 5.98. The van der Waals surface area contributed by atoms with E-state index in [9.17, 15) is 9.59 Å². The molecule has 0 bridgehead atoms. The Morgan fingerprint density at radius 3 is 2.47 bits per heavy atom. The molecular formula is C13H20N2O3S. The van der Waals surface area contributed by atoms with E-state index < -0.39 is 5.97 Å². The normalized spacial score (nSPS) is 10.7. The van der Waals surface area contributed by atoms with Gasteiger partial charge in [0.25, 0.3) is 0 Å². The fraction of sp³-hybridized carbons (Fsp3) is 0.538. The molecule has 1 amide bonds. The first kappa shape index (κ1) is 15.7. The van der Waals surface area contributed by atoms with Crippen LogP contribution in [0.3, 0.4) is 0 Å². The van der Waals surface area contributed by atoms with E-state index in [2.05, 4.69) is 6.92 Å². The summed E-state index contributed by atoms with van der Waals surface area (Å²) >= 11 is 1.26. The third kappa shape index (κ3) is 5.00. The third-order valence-electron chi connectivity index (χ3n) is 2.65. The number of carbonyl (C=O) groups excluding carboxylic acids is 1. The molecule has 0 aliphatic carbocycles. The van der Waals surface area contributed by atoms with E-state index >= 15 is 0 Å². The number of hydrogen-bond acceptors (Lipinski definition) is 4. The summed E-state index contributed by atoms with van der Waals surface area (Å²) < 4.78 is 0. The highest BCUT2D eigenvalue weighted by molar-refractivity contribution is 7.13. The Morgan fingerprint density at radius 1 is 1.32 bits per heavy atom. The smallest absolute Gasteiger partial charge is 0.345 e. The van der Waals surface area contributed by atoms with Gasteiger partial charge in [-0.2, -0.15) is 0 Å². The van der Waals surface area contributed by atoms with Crippen LogP contribution in [0.2, 0.25) is 0 Å². The Bertz CT molecular complexity index is 443. The highest BCUT2D eigenvalue weighted by atomic mass is 32.1. The summed E-state index contributed by atoms with van der Waals surface area (Å²) in [5.41, 5.74) is 0. The van der Waals surface area contributed by atoms with Crippen LogP contribution in [0.25, 0.3) is 0 Å². The summed E-state index contributed by atoms with van der Waals surface area (Å²) in [5.74, 6) is -0.842. The van der Waals surface area contributed by atoms with Crippen molar-refractivity contribution >= 4 is 23.2 Å². The van der Waals surface area contributed by atoms with Crippen molar-refractivity contribution in [2.75, 3.05) is 27.2 Å². The molecule has 0 unspecified atom stereocenters. The standard InChI is InChI=1S/C13H20N2O3S/c1-4-7-15(9-12(16)14(2)3)8-10-5-6-11(19-10)13(17)18/h5-6H,4,7-9H2,1-3H3,(H,17,18). The van der Waals surface area contributed by atoms with Crippen molar-refractivity contribution in [1.82, 2.24) is 9.80 Å². The summed E-state index contributed by atoms with van der Waals surface area (Å²) in [6.07, 6.45) is 0.956. The lowest BCUT2D eigenvalue weighted by Gasteiger charge is -2.22. The van der Waals surface area contributed by atoms with Crippen LogP contribution in [-0.2, 0) is 11.3 Å². The van der Waals surface area contributed by atoms with Gasteiger partial charge in [0.05, 0.1) is 6.54 Å². The van der Waals surface area contributed by atoms with Gasteiger partial charge in [0.2, 0.25) is 5.91 Å². The second kappa shape index (κ2) is 7.25. The number of nitrogens with zero attached hydrogens (tertiary/aromatic N) is 2. The van der Waals surface area contributed by atoms with E-state index in [1.165, 1.54) is 11.3 Å². The molecule has 0 spiro atoms. The van der Waals surface area contributed by atoms with Gasteiger partial charge in [-0.05, 0) is 25.1 Å². The quantitative estimate of drug-likeness (QED) is 0.828. The van der Waals surface area contributed by atoms with Crippen molar-refractivity contribution in [2.24, 2.45) is 0 Å². The molecule has 0 aliphatic rings. The third-order valence-corrected chi connectivity index (χ3v) is 3.71. The molecule has 1 rings (SSSR count). The molecule has 0 fully saturated rings. The molecule has 0 saturated heterocycles. The lowest BCUT2D eigenvalue weighted by atomic mass is 10.3. The minimum Gasteiger partial charge on any atom is -0.477 e. The molecule has 5 nitrogen and oxygen atoms in total.